The van der Waals surface area contributed by atoms with E-state index in [0.717, 1.165) is 24.5 Å². The Hall–Kier alpha value is -2.40. The Balaban J connectivity index is 1.74. The van der Waals surface area contributed by atoms with Crippen LogP contribution in [0, 0.1) is 5.82 Å². The molecule has 1 atom stereocenters. The maximum absolute atomic E-state index is 13.6. The van der Waals surface area contributed by atoms with E-state index in [9.17, 15) is 4.39 Å². The lowest BCUT2D eigenvalue weighted by atomic mass is 10.1. The lowest BCUT2D eigenvalue weighted by molar-refractivity contribution is 0.298. The van der Waals surface area contributed by atoms with E-state index in [2.05, 4.69) is 44.4 Å². The van der Waals surface area contributed by atoms with Crippen LogP contribution < -0.4 is 10.2 Å². The van der Waals surface area contributed by atoms with E-state index in [4.69, 9.17) is 0 Å². The molecule has 132 valence electrons. The number of para-hydroxylation sites is 1. The number of benzene rings is 2. The van der Waals surface area contributed by atoms with Crippen molar-refractivity contribution in [3.8, 4) is 0 Å². The molecule has 25 heavy (non-hydrogen) atoms. The first-order valence-electron chi connectivity index (χ1n) is 8.58. The fraction of sp³-hybridized carbons (Fsp3) is 0.350. The Morgan fingerprint density at radius 3 is 2.76 bits per heavy atom. The molecule has 0 radical (unpaired) electrons. The zero-order valence-corrected chi connectivity index (χ0v) is 15.0. The summed E-state index contributed by atoms with van der Waals surface area (Å²) in [5.74, 6) is 0.649. The normalized spacial score (nSPS) is 15.4. The number of hydrogen-bond acceptors (Lipinski definition) is 2. The number of likely N-dealkylation sites (N-methyl/N-ethyl adjacent to an activating group) is 1. The molecule has 5 heteroatoms. The third kappa shape index (κ3) is 3.82. The third-order valence-electron chi connectivity index (χ3n) is 4.66. The Morgan fingerprint density at radius 2 is 2.04 bits per heavy atom. The highest BCUT2D eigenvalue weighted by molar-refractivity contribution is 5.97. The van der Waals surface area contributed by atoms with Gasteiger partial charge in [0.05, 0.1) is 6.04 Å². The van der Waals surface area contributed by atoms with E-state index < -0.39 is 0 Å². The summed E-state index contributed by atoms with van der Waals surface area (Å²) in [7, 11) is 5.81. The minimum atomic E-state index is -0.206. The Labute approximate surface area is 149 Å². The van der Waals surface area contributed by atoms with Crippen LogP contribution in [-0.2, 0) is 6.42 Å². The predicted molar refractivity (Wildman–Crippen MR) is 102 cm³/mol. The maximum atomic E-state index is 13.6. The van der Waals surface area contributed by atoms with Crippen molar-refractivity contribution >= 4 is 11.6 Å². The number of aliphatic imine (C=N–C) groups is 1. The first kappa shape index (κ1) is 17.4. The van der Waals surface area contributed by atoms with Gasteiger partial charge in [0.25, 0.3) is 0 Å². The molecule has 0 amide bonds. The van der Waals surface area contributed by atoms with Gasteiger partial charge in [-0.25, -0.2) is 4.39 Å². The second-order valence-corrected chi connectivity index (χ2v) is 6.49. The summed E-state index contributed by atoms with van der Waals surface area (Å²) in [6, 6.07) is 15.3. The van der Waals surface area contributed by atoms with Crippen molar-refractivity contribution in [3.05, 3.63) is 65.5 Å². The fourth-order valence-corrected chi connectivity index (χ4v) is 3.35. The molecular weight excluding hydrogens is 315 g/mol. The molecule has 1 N–H and O–H groups in total. The molecule has 0 saturated carbocycles. The summed E-state index contributed by atoms with van der Waals surface area (Å²) >= 11 is 0. The van der Waals surface area contributed by atoms with Gasteiger partial charge < -0.3 is 15.1 Å². The maximum Gasteiger partial charge on any atom is 0.198 e. The lowest BCUT2D eigenvalue weighted by Gasteiger charge is -2.28. The summed E-state index contributed by atoms with van der Waals surface area (Å²) in [4.78, 5) is 8.76. The minimum absolute atomic E-state index is 0.0605. The van der Waals surface area contributed by atoms with E-state index in [1.54, 1.807) is 19.2 Å². The molecule has 1 heterocycles. The van der Waals surface area contributed by atoms with Crippen LogP contribution in [0.25, 0.3) is 0 Å². The topological polar surface area (TPSA) is 30.9 Å². The van der Waals surface area contributed by atoms with Crippen LogP contribution in [0.4, 0.5) is 10.1 Å². The Morgan fingerprint density at radius 1 is 1.24 bits per heavy atom. The monoisotopic (exact) mass is 340 g/mol. The molecule has 0 spiro atoms. The van der Waals surface area contributed by atoms with Crippen LogP contribution in [-0.4, -0.2) is 45.1 Å². The van der Waals surface area contributed by atoms with Gasteiger partial charge in [0, 0.05) is 25.8 Å². The van der Waals surface area contributed by atoms with E-state index in [-0.39, 0.29) is 11.9 Å². The summed E-state index contributed by atoms with van der Waals surface area (Å²) in [6.45, 7) is 1.58. The van der Waals surface area contributed by atoms with Gasteiger partial charge in [-0.1, -0.05) is 30.3 Å². The van der Waals surface area contributed by atoms with Gasteiger partial charge in [-0.05, 0) is 49.8 Å². The molecule has 0 fully saturated rings. The second kappa shape index (κ2) is 7.66. The molecule has 0 bridgehead atoms. The van der Waals surface area contributed by atoms with Gasteiger partial charge in [0.15, 0.2) is 5.96 Å². The van der Waals surface area contributed by atoms with Crippen molar-refractivity contribution in [1.29, 1.82) is 0 Å². The third-order valence-corrected chi connectivity index (χ3v) is 4.66. The largest absolute Gasteiger partial charge is 0.354 e. The van der Waals surface area contributed by atoms with Gasteiger partial charge in [-0.3, -0.25) is 4.99 Å². The number of fused-ring (bicyclic) bond motifs is 1. The Kier molecular flexibility index (Phi) is 5.34. The van der Waals surface area contributed by atoms with Crippen molar-refractivity contribution < 1.29 is 4.39 Å². The SMILES string of the molecule is CN=C(NCC(c1cccc(F)c1)N(C)C)N1CCc2ccccc21. The number of nitrogens with zero attached hydrogens (tertiary/aromatic N) is 3. The van der Waals surface area contributed by atoms with Gasteiger partial charge in [-0.2, -0.15) is 0 Å². The highest BCUT2D eigenvalue weighted by atomic mass is 19.1. The van der Waals surface area contributed by atoms with Crippen LogP contribution >= 0.6 is 0 Å². The van der Waals surface area contributed by atoms with Crippen molar-refractivity contribution in [3.63, 3.8) is 0 Å². The number of halogens is 1. The zero-order chi connectivity index (χ0) is 17.8. The molecule has 0 saturated heterocycles. The first-order valence-corrected chi connectivity index (χ1v) is 8.58. The molecule has 3 rings (SSSR count). The smallest absolute Gasteiger partial charge is 0.198 e. The minimum Gasteiger partial charge on any atom is -0.354 e. The van der Waals surface area contributed by atoms with Gasteiger partial charge in [-0.15, -0.1) is 0 Å². The van der Waals surface area contributed by atoms with Gasteiger partial charge >= 0.3 is 0 Å². The molecule has 1 unspecified atom stereocenters. The van der Waals surface area contributed by atoms with E-state index in [1.807, 2.05) is 20.2 Å². The number of hydrogen-bond donors (Lipinski definition) is 1. The highest BCUT2D eigenvalue weighted by Crippen LogP contribution is 2.27. The fourth-order valence-electron chi connectivity index (χ4n) is 3.35. The molecule has 2 aromatic carbocycles. The summed E-state index contributed by atoms with van der Waals surface area (Å²) < 4.78 is 13.6. The van der Waals surface area contributed by atoms with Crippen molar-refractivity contribution in [2.24, 2.45) is 4.99 Å². The quantitative estimate of drug-likeness (QED) is 0.685. The lowest BCUT2D eigenvalue weighted by Crippen LogP contribution is -2.44. The van der Waals surface area contributed by atoms with Crippen LogP contribution in [0.2, 0.25) is 0 Å². The molecule has 0 aliphatic carbocycles. The van der Waals surface area contributed by atoms with Crippen LogP contribution in [0.5, 0.6) is 0 Å². The average Bonchev–Trinajstić information content (AvgIpc) is 3.02. The predicted octanol–water partition coefficient (Wildman–Crippen LogP) is 3.07. The van der Waals surface area contributed by atoms with Crippen LogP contribution in [0.3, 0.4) is 0 Å². The van der Waals surface area contributed by atoms with Crippen molar-refractivity contribution in [2.45, 2.75) is 12.5 Å². The second-order valence-electron chi connectivity index (χ2n) is 6.49. The number of anilines is 1. The molecule has 4 nitrogen and oxygen atoms in total. The van der Waals surface area contributed by atoms with E-state index in [0.29, 0.717) is 6.54 Å². The zero-order valence-electron chi connectivity index (χ0n) is 15.0. The molecule has 2 aromatic rings. The standard InChI is InChI=1S/C20H25FN4/c1-22-20(25-12-11-15-7-4-5-10-18(15)25)23-14-19(24(2)3)16-8-6-9-17(21)13-16/h4-10,13,19H,11-12,14H2,1-3H3,(H,22,23). The van der Waals surface area contributed by atoms with Crippen molar-refractivity contribution in [1.82, 2.24) is 10.2 Å². The van der Waals surface area contributed by atoms with Gasteiger partial charge in [0.1, 0.15) is 5.82 Å². The number of rotatable bonds is 4. The molecule has 1 aliphatic rings. The molecule has 1 aliphatic heterocycles. The van der Waals surface area contributed by atoms with Crippen LogP contribution in [0.15, 0.2) is 53.5 Å². The molecular formula is C20H25FN4. The highest BCUT2D eigenvalue weighted by Gasteiger charge is 2.23. The Bertz CT molecular complexity index is 757. The van der Waals surface area contributed by atoms with Gasteiger partial charge in [0.2, 0.25) is 0 Å². The van der Waals surface area contributed by atoms with E-state index in [1.165, 1.54) is 17.3 Å². The molecule has 0 aromatic heterocycles. The number of guanidine groups is 1. The first-order chi connectivity index (χ1) is 12.1. The summed E-state index contributed by atoms with van der Waals surface area (Å²) in [5, 5.41) is 3.46. The number of nitrogens with one attached hydrogen (secondary N) is 1. The van der Waals surface area contributed by atoms with Crippen LogP contribution in [0.1, 0.15) is 17.2 Å². The van der Waals surface area contributed by atoms with E-state index >= 15 is 0 Å². The summed E-state index contributed by atoms with van der Waals surface area (Å²) in [6.07, 6.45) is 1.03. The average molecular weight is 340 g/mol. The van der Waals surface area contributed by atoms with Crippen molar-refractivity contribution in [2.75, 3.05) is 39.1 Å². The summed E-state index contributed by atoms with van der Waals surface area (Å²) in [5.41, 5.74) is 3.51.